The predicted octanol–water partition coefficient (Wildman–Crippen LogP) is 3.35. The number of rotatable bonds is 5. The fourth-order valence-corrected chi connectivity index (χ4v) is 1.89. The van der Waals surface area contributed by atoms with Crippen LogP contribution in [-0.4, -0.2) is 17.0 Å². The maximum Gasteiger partial charge on any atom is 0.139 e. The first-order valence-corrected chi connectivity index (χ1v) is 6.28. The lowest BCUT2D eigenvalue weighted by Gasteiger charge is -2.13. The lowest BCUT2D eigenvalue weighted by molar-refractivity contribution is 0.628. The van der Waals surface area contributed by atoms with Crippen LogP contribution >= 0.6 is 0 Å². The van der Waals surface area contributed by atoms with Gasteiger partial charge in [-0.3, -0.25) is 0 Å². The van der Waals surface area contributed by atoms with Crippen molar-refractivity contribution >= 4 is 17.3 Å². The van der Waals surface area contributed by atoms with E-state index in [-0.39, 0.29) is 5.82 Å². The number of hydrogen-bond donors (Lipinski definition) is 2. The van der Waals surface area contributed by atoms with E-state index in [0.29, 0.717) is 0 Å². The van der Waals surface area contributed by atoms with Crippen LogP contribution in [0.25, 0.3) is 0 Å². The number of nitrogens with one attached hydrogen (secondary N) is 2. The Morgan fingerprint density at radius 1 is 1.11 bits per heavy atom. The van der Waals surface area contributed by atoms with Crippen LogP contribution in [0.2, 0.25) is 0 Å². The van der Waals surface area contributed by atoms with Crippen LogP contribution in [0.5, 0.6) is 0 Å². The van der Waals surface area contributed by atoms with E-state index in [2.05, 4.69) is 27.5 Å². The molecule has 0 aliphatic heterocycles. The summed E-state index contributed by atoms with van der Waals surface area (Å²) in [4.78, 5) is 8.48. The van der Waals surface area contributed by atoms with Crippen LogP contribution in [0.15, 0.2) is 30.6 Å². The first kappa shape index (κ1) is 13.3. The van der Waals surface area contributed by atoms with E-state index < -0.39 is 0 Å². The number of benzene rings is 1. The highest BCUT2D eigenvalue weighted by Crippen LogP contribution is 2.24. The molecule has 0 saturated carbocycles. The van der Waals surface area contributed by atoms with Crippen LogP contribution in [0.3, 0.4) is 0 Å². The Morgan fingerprint density at radius 2 is 1.79 bits per heavy atom. The van der Waals surface area contributed by atoms with Gasteiger partial charge in [0.1, 0.15) is 23.8 Å². The van der Waals surface area contributed by atoms with Gasteiger partial charge < -0.3 is 10.6 Å². The molecule has 2 aromatic rings. The van der Waals surface area contributed by atoms with Crippen molar-refractivity contribution in [2.45, 2.75) is 19.8 Å². The molecule has 0 fully saturated rings. The molecule has 0 atom stereocenters. The number of hydrogen-bond acceptors (Lipinski definition) is 4. The summed E-state index contributed by atoms with van der Waals surface area (Å²) in [5.41, 5.74) is 1.84. The number of nitrogens with zero attached hydrogens (tertiary/aromatic N) is 2. The summed E-state index contributed by atoms with van der Waals surface area (Å²) in [6.07, 6.45) is 3.39. The molecule has 1 aromatic carbocycles. The molecule has 2 N–H and O–H groups in total. The monoisotopic (exact) mass is 260 g/mol. The highest BCUT2D eigenvalue weighted by atomic mass is 19.1. The second-order valence-corrected chi connectivity index (χ2v) is 4.18. The van der Waals surface area contributed by atoms with Gasteiger partial charge in [0, 0.05) is 18.3 Å². The molecule has 0 aliphatic carbocycles. The van der Waals surface area contributed by atoms with E-state index in [4.69, 9.17) is 0 Å². The minimum absolute atomic E-state index is 0.252. The second kappa shape index (κ2) is 6.13. The zero-order valence-electron chi connectivity index (χ0n) is 11.1. The Kier molecular flexibility index (Phi) is 4.28. The Bertz CT molecular complexity index is 540. The van der Waals surface area contributed by atoms with Crippen molar-refractivity contribution < 1.29 is 4.39 Å². The molecule has 0 amide bonds. The SMILES string of the molecule is CCCc1c(NC)ncnc1Nc1ccc(F)cc1. The number of anilines is 3. The average molecular weight is 260 g/mol. The van der Waals surface area contributed by atoms with Gasteiger partial charge >= 0.3 is 0 Å². The molecule has 0 aliphatic rings. The average Bonchev–Trinajstić information content (AvgIpc) is 2.43. The summed E-state index contributed by atoms with van der Waals surface area (Å²) in [5.74, 6) is 1.33. The third kappa shape index (κ3) is 3.19. The van der Waals surface area contributed by atoms with E-state index in [9.17, 15) is 4.39 Å². The summed E-state index contributed by atoms with van der Waals surface area (Å²) >= 11 is 0. The molecule has 100 valence electrons. The van der Waals surface area contributed by atoms with Crippen molar-refractivity contribution in [2.24, 2.45) is 0 Å². The van der Waals surface area contributed by atoms with Crippen LogP contribution in [0.4, 0.5) is 21.7 Å². The number of halogens is 1. The summed E-state index contributed by atoms with van der Waals surface area (Å²) < 4.78 is 12.9. The third-order valence-corrected chi connectivity index (χ3v) is 2.79. The molecule has 1 aromatic heterocycles. The Labute approximate surface area is 112 Å². The van der Waals surface area contributed by atoms with Crippen molar-refractivity contribution in [2.75, 3.05) is 17.7 Å². The third-order valence-electron chi connectivity index (χ3n) is 2.79. The molecule has 4 nitrogen and oxygen atoms in total. The standard InChI is InChI=1S/C14H17FN4/c1-3-4-12-13(16-2)17-9-18-14(12)19-11-7-5-10(15)6-8-11/h5-9H,3-4H2,1-2H3,(H2,16,17,18,19). The van der Waals surface area contributed by atoms with Gasteiger partial charge in [-0.15, -0.1) is 0 Å². The maximum absolute atomic E-state index is 12.9. The van der Waals surface area contributed by atoms with Gasteiger partial charge in [-0.25, -0.2) is 14.4 Å². The van der Waals surface area contributed by atoms with Gasteiger partial charge in [-0.1, -0.05) is 13.3 Å². The summed E-state index contributed by atoms with van der Waals surface area (Å²) in [6, 6.07) is 6.21. The first-order chi connectivity index (χ1) is 9.24. The van der Waals surface area contributed by atoms with Crippen LogP contribution in [0.1, 0.15) is 18.9 Å². The van der Waals surface area contributed by atoms with E-state index in [1.807, 2.05) is 7.05 Å². The van der Waals surface area contributed by atoms with E-state index in [1.165, 1.54) is 18.5 Å². The van der Waals surface area contributed by atoms with Gasteiger partial charge in [0.25, 0.3) is 0 Å². The topological polar surface area (TPSA) is 49.8 Å². The van der Waals surface area contributed by atoms with E-state index >= 15 is 0 Å². The van der Waals surface area contributed by atoms with Gasteiger partial charge in [-0.05, 0) is 30.7 Å². The first-order valence-electron chi connectivity index (χ1n) is 6.28. The molecule has 0 saturated heterocycles. The molecule has 19 heavy (non-hydrogen) atoms. The summed E-state index contributed by atoms with van der Waals surface area (Å²) in [6.45, 7) is 2.11. The molecular weight excluding hydrogens is 243 g/mol. The molecule has 0 unspecified atom stereocenters. The van der Waals surface area contributed by atoms with Crippen molar-refractivity contribution in [3.63, 3.8) is 0 Å². The van der Waals surface area contributed by atoms with Gasteiger partial charge in [0.05, 0.1) is 0 Å². The molecule has 0 radical (unpaired) electrons. The Balaban J connectivity index is 2.30. The highest BCUT2D eigenvalue weighted by Gasteiger charge is 2.09. The summed E-state index contributed by atoms with van der Waals surface area (Å²) in [7, 11) is 1.84. The smallest absolute Gasteiger partial charge is 0.139 e. The van der Waals surface area contributed by atoms with Gasteiger partial charge in [0.2, 0.25) is 0 Å². The predicted molar refractivity (Wildman–Crippen MR) is 75.3 cm³/mol. The lowest BCUT2D eigenvalue weighted by atomic mass is 10.1. The number of aromatic nitrogens is 2. The molecule has 2 rings (SSSR count). The fraction of sp³-hybridized carbons (Fsp3) is 0.286. The quantitative estimate of drug-likeness (QED) is 0.865. The zero-order chi connectivity index (χ0) is 13.7. The fourth-order valence-electron chi connectivity index (χ4n) is 1.89. The van der Waals surface area contributed by atoms with Crippen molar-refractivity contribution in [3.8, 4) is 0 Å². The van der Waals surface area contributed by atoms with Crippen molar-refractivity contribution in [1.29, 1.82) is 0 Å². The molecule has 1 heterocycles. The maximum atomic E-state index is 12.9. The zero-order valence-corrected chi connectivity index (χ0v) is 11.1. The molecular formula is C14H17FN4. The lowest BCUT2D eigenvalue weighted by Crippen LogP contribution is -2.05. The van der Waals surface area contributed by atoms with Crippen molar-refractivity contribution in [3.05, 3.63) is 42.0 Å². The van der Waals surface area contributed by atoms with Crippen LogP contribution < -0.4 is 10.6 Å². The van der Waals surface area contributed by atoms with Crippen LogP contribution in [0, 0.1) is 5.82 Å². The minimum atomic E-state index is -0.252. The Morgan fingerprint density at radius 3 is 2.42 bits per heavy atom. The largest absolute Gasteiger partial charge is 0.373 e. The van der Waals surface area contributed by atoms with Gasteiger partial charge in [0.15, 0.2) is 0 Å². The van der Waals surface area contributed by atoms with Gasteiger partial charge in [-0.2, -0.15) is 0 Å². The normalized spacial score (nSPS) is 10.3. The van der Waals surface area contributed by atoms with Crippen LogP contribution in [-0.2, 0) is 6.42 Å². The highest BCUT2D eigenvalue weighted by molar-refractivity contribution is 5.64. The second-order valence-electron chi connectivity index (χ2n) is 4.18. The minimum Gasteiger partial charge on any atom is -0.373 e. The van der Waals surface area contributed by atoms with Crippen molar-refractivity contribution in [1.82, 2.24) is 9.97 Å². The van der Waals surface area contributed by atoms with E-state index in [0.717, 1.165) is 35.7 Å². The molecule has 0 bridgehead atoms. The summed E-state index contributed by atoms with van der Waals surface area (Å²) in [5, 5.41) is 6.27. The molecule has 5 heteroatoms. The van der Waals surface area contributed by atoms with E-state index in [1.54, 1.807) is 12.1 Å². The Hall–Kier alpha value is -2.17. The molecule has 0 spiro atoms.